The number of fused-ring (bicyclic) bond motifs is 1. The summed E-state index contributed by atoms with van der Waals surface area (Å²) in [4.78, 5) is 0.452. The van der Waals surface area contributed by atoms with E-state index in [4.69, 9.17) is 0 Å². The maximum absolute atomic E-state index is 12.7. The molecule has 0 aromatic heterocycles. The zero-order valence-corrected chi connectivity index (χ0v) is 12.9. The largest absolute Gasteiger partial charge is 0.243 e. The fourth-order valence-electron chi connectivity index (χ4n) is 3.37. The third kappa shape index (κ3) is 2.63. The van der Waals surface area contributed by atoms with Crippen molar-refractivity contribution in [2.75, 3.05) is 0 Å². The Morgan fingerprint density at radius 1 is 0.900 bits per heavy atom. The van der Waals surface area contributed by atoms with Crippen molar-refractivity contribution >= 4 is 10.0 Å². The van der Waals surface area contributed by atoms with Gasteiger partial charge in [-0.1, -0.05) is 49.8 Å². The van der Waals surface area contributed by atoms with Gasteiger partial charge in [-0.2, -0.15) is 4.31 Å². The molecular formula is C16H23NO2S. The summed E-state index contributed by atoms with van der Waals surface area (Å²) in [5.41, 5.74) is 1.09. The topological polar surface area (TPSA) is 37.1 Å². The summed E-state index contributed by atoms with van der Waals surface area (Å²) in [5, 5.41) is 0. The van der Waals surface area contributed by atoms with E-state index in [0.29, 0.717) is 4.90 Å². The minimum Gasteiger partial charge on any atom is -0.207 e. The van der Waals surface area contributed by atoms with Crippen LogP contribution in [-0.2, 0) is 10.0 Å². The Morgan fingerprint density at radius 2 is 1.40 bits per heavy atom. The number of hydrogen-bond acceptors (Lipinski definition) is 2. The predicted molar refractivity (Wildman–Crippen MR) is 80.1 cm³/mol. The molecule has 2 aliphatic rings. The SMILES string of the molecule is Cc1ccc(S(=O)(=O)N2C3CCCCCCCC32)cc1. The molecule has 1 aromatic rings. The first-order chi connectivity index (χ1) is 9.60. The summed E-state index contributed by atoms with van der Waals surface area (Å²) in [5.74, 6) is 0. The van der Waals surface area contributed by atoms with Gasteiger partial charge < -0.3 is 0 Å². The van der Waals surface area contributed by atoms with Gasteiger partial charge in [0.25, 0.3) is 0 Å². The Kier molecular flexibility index (Phi) is 3.87. The van der Waals surface area contributed by atoms with Crippen LogP contribution in [0.3, 0.4) is 0 Å². The van der Waals surface area contributed by atoms with Crippen LogP contribution in [0.15, 0.2) is 29.2 Å². The van der Waals surface area contributed by atoms with E-state index in [9.17, 15) is 8.42 Å². The Hall–Kier alpha value is -0.870. The molecule has 3 nitrogen and oxygen atoms in total. The van der Waals surface area contributed by atoms with E-state index in [-0.39, 0.29) is 12.1 Å². The first-order valence-electron chi connectivity index (χ1n) is 7.71. The van der Waals surface area contributed by atoms with Crippen LogP contribution in [0.1, 0.15) is 50.5 Å². The van der Waals surface area contributed by atoms with Gasteiger partial charge in [0, 0.05) is 12.1 Å². The minimum atomic E-state index is -3.28. The summed E-state index contributed by atoms with van der Waals surface area (Å²) in [6.07, 6.45) is 8.22. The van der Waals surface area contributed by atoms with Crippen LogP contribution in [0.5, 0.6) is 0 Å². The van der Waals surface area contributed by atoms with Crippen LogP contribution in [0.4, 0.5) is 0 Å². The van der Waals surface area contributed by atoms with Crippen molar-refractivity contribution in [3.8, 4) is 0 Å². The van der Waals surface area contributed by atoms with Gasteiger partial charge in [-0.05, 0) is 31.9 Å². The Morgan fingerprint density at radius 3 is 1.95 bits per heavy atom. The highest BCUT2D eigenvalue weighted by Gasteiger charge is 2.54. The highest BCUT2D eigenvalue weighted by molar-refractivity contribution is 7.89. The molecule has 0 amide bonds. The van der Waals surface area contributed by atoms with E-state index in [0.717, 1.165) is 18.4 Å². The summed E-state index contributed by atoms with van der Waals surface area (Å²) in [7, 11) is -3.28. The minimum absolute atomic E-state index is 0.263. The molecule has 3 rings (SSSR count). The average molecular weight is 293 g/mol. The lowest BCUT2D eigenvalue weighted by Gasteiger charge is -2.08. The van der Waals surface area contributed by atoms with Crippen molar-refractivity contribution in [2.45, 2.75) is 68.8 Å². The monoisotopic (exact) mass is 293 g/mol. The van der Waals surface area contributed by atoms with Crippen LogP contribution in [-0.4, -0.2) is 24.8 Å². The standard InChI is InChI=1S/C16H23NO2S/c1-13-9-11-14(12-10-13)20(18,19)17-15-7-5-3-2-4-6-8-16(15)17/h9-12,15-16H,2-8H2,1H3. The molecule has 0 N–H and O–H groups in total. The molecule has 4 heteroatoms. The molecule has 1 aromatic carbocycles. The van der Waals surface area contributed by atoms with E-state index in [2.05, 4.69) is 0 Å². The third-order valence-corrected chi connectivity index (χ3v) is 6.57. The molecule has 1 saturated heterocycles. The van der Waals surface area contributed by atoms with Gasteiger partial charge in [-0.15, -0.1) is 0 Å². The van der Waals surface area contributed by atoms with Crippen molar-refractivity contribution in [3.05, 3.63) is 29.8 Å². The van der Waals surface area contributed by atoms with Crippen LogP contribution >= 0.6 is 0 Å². The average Bonchev–Trinajstić information content (AvgIpc) is 3.10. The van der Waals surface area contributed by atoms with Crippen molar-refractivity contribution in [1.29, 1.82) is 0 Å². The third-order valence-electron chi connectivity index (χ3n) is 4.60. The molecule has 110 valence electrons. The van der Waals surface area contributed by atoms with Gasteiger partial charge >= 0.3 is 0 Å². The van der Waals surface area contributed by atoms with Gasteiger partial charge in [0.15, 0.2) is 0 Å². The van der Waals surface area contributed by atoms with Crippen molar-refractivity contribution in [1.82, 2.24) is 4.31 Å². The van der Waals surface area contributed by atoms with E-state index in [1.807, 2.05) is 19.1 Å². The molecular weight excluding hydrogens is 270 g/mol. The van der Waals surface area contributed by atoms with Gasteiger partial charge in [-0.25, -0.2) is 8.42 Å². The Labute approximate surface area is 122 Å². The normalized spacial score (nSPS) is 30.8. The van der Waals surface area contributed by atoms with Gasteiger partial charge in [0.05, 0.1) is 4.90 Å². The Bertz CT molecular complexity index is 551. The second-order valence-corrected chi connectivity index (χ2v) is 7.97. The number of hydrogen-bond donors (Lipinski definition) is 0. The molecule has 1 heterocycles. The molecule has 1 aliphatic carbocycles. The van der Waals surface area contributed by atoms with Crippen molar-refractivity contribution in [2.24, 2.45) is 0 Å². The second kappa shape index (κ2) is 5.49. The number of aryl methyl sites for hydroxylation is 1. The molecule has 0 spiro atoms. The van der Waals surface area contributed by atoms with Gasteiger partial charge in [0.2, 0.25) is 10.0 Å². The van der Waals surface area contributed by atoms with E-state index in [1.54, 1.807) is 16.4 Å². The number of benzene rings is 1. The highest BCUT2D eigenvalue weighted by atomic mass is 32.2. The quantitative estimate of drug-likeness (QED) is 0.783. The van der Waals surface area contributed by atoms with Crippen LogP contribution in [0.2, 0.25) is 0 Å². The lowest BCUT2D eigenvalue weighted by molar-refractivity contribution is 0.515. The first-order valence-corrected chi connectivity index (χ1v) is 9.15. The molecule has 1 aliphatic heterocycles. The zero-order valence-electron chi connectivity index (χ0n) is 12.1. The predicted octanol–water partition coefficient (Wildman–Crippen LogP) is 3.48. The molecule has 20 heavy (non-hydrogen) atoms. The van der Waals surface area contributed by atoms with E-state index in [1.165, 1.54) is 32.1 Å². The fraction of sp³-hybridized carbons (Fsp3) is 0.625. The molecule has 2 unspecified atom stereocenters. The highest BCUT2D eigenvalue weighted by Crippen LogP contribution is 2.42. The van der Waals surface area contributed by atoms with Crippen LogP contribution in [0, 0.1) is 6.92 Å². The number of rotatable bonds is 2. The maximum atomic E-state index is 12.7. The smallest absolute Gasteiger partial charge is 0.207 e. The number of nitrogens with zero attached hydrogens (tertiary/aromatic N) is 1. The van der Waals surface area contributed by atoms with Crippen molar-refractivity contribution < 1.29 is 8.42 Å². The summed E-state index contributed by atoms with van der Waals surface area (Å²) in [6, 6.07) is 7.76. The number of sulfonamides is 1. The van der Waals surface area contributed by atoms with Crippen molar-refractivity contribution in [3.63, 3.8) is 0 Å². The molecule has 1 saturated carbocycles. The lowest BCUT2D eigenvalue weighted by Crippen LogP contribution is -2.16. The zero-order chi connectivity index (χ0) is 14.2. The van der Waals surface area contributed by atoms with Crippen LogP contribution in [0.25, 0.3) is 0 Å². The lowest BCUT2D eigenvalue weighted by atomic mass is 10.1. The van der Waals surface area contributed by atoms with E-state index >= 15 is 0 Å². The molecule has 2 fully saturated rings. The van der Waals surface area contributed by atoms with Crippen LogP contribution < -0.4 is 0 Å². The second-order valence-electron chi connectivity index (χ2n) is 6.13. The maximum Gasteiger partial charge on any atom is 0.243 e. The molecule has 0 radical (unpaired) electrons. The molecule has 0 bridgehead atoms. The summed E-state index contributed by atoms with van der Waals surface area (Å²) >= 11 is 0. The summed E-state index contributed by atoms with van der Waals surface area (Å²) < 4.78 is 27.2. The van der Waals surface area contributed by atoms with Gasteiger partial charge in [-0.3, -0.25) is 0 Å². The fourth-order valence-corrected chi connectivity index (χ4v) is 5.25. The molecule has 2 atom stereocenters. The van der Waals surface area contributed by atoms with Gasteiger partial charge in [0.1, 0.15) is 0 Å². The Balaban J connectivity index is 1.80. The summed E-state index contributed by atoms with van der Waals surface area (Å²) in [6.45, 7) is 1.98. The first kappa shape index (κ1) is 14.1. The van der Waals surface area contributed by atoms with E-state index < -0.39 is 10.0 Å².